The molecule has 0 amide bonds. The van der Waals surface area contributed by atoms with Crippen LogP contribution in [0, 0.1) is 0 Å². The van der Waals surface area contributed by atoms with Gasteiger partial charge >= 0.3 is 0 Å². The van der Waals surface area contributed by atoms with Crippen molar-refractivity contribution in [2.24, 2.45) is 0 Å². The molecule has 2 aromatic rings. The maximum Gasteiger partial charge on any atom is 0.0890 e. The Morgan fingerprint density at radius 2 is 2.00 bits per heavy atom. The highest BCUT2D eigenvalue weighted by atomic mass is 15.3. The third-order valence-electron chi connectivity index (χ3n) is 4.16. The summed E-state index contributed by atoms with van der Waals surface area (Å²) >= 11 is 0. The van der Waals surface area contributed by atoms with Gasteiger partial charge in [-0.3, -0.25) is 9.88 Å². The quantitative estimate of drug-likeness (QED) is 0.907. The van der Waals surface area contributed by atoms with Gasteiger partial charge in [-0.1, -0.05) is 12.1 Å². The molecule has 0 radical (unpaired) electrons. The lowest BCUT2D eigenvalue weighted by Gasteiger charge is -2.37. The molecule has 0 saturated carbocycles. The first-order valence-corrected chi connectivity index (χ1v) is 7.52. The van der Waals surface area contributed by atoms with E-state index in [2.05, 4.69) is 39.2 Å². The molecule has 0 spiro atoms. The Hall–Kier alpha value is -1.56. The minimum atomic E-state index is 0.567. The summed E-state index contributed by atoms with van der Waals surface area (Å²) in [5, 5.41) is 3.52. The lowest BCUT2D eigenvalue weighted by Crippen LogP contribution is -2.53. The van der Waals surface area contributed by atoms with Gasteiger partial charge in [0.1, 0.15) is 0 Å². The number of para-hydroxylation sites is 2. The van der Waals surface area contributed by atoms with Crippen molar-refractivity contribution in [1.29, 1.82) is 0 Å². The van der Waals surface area contributed by atoms with Crippen LogP contribution in [-0.4, -0.2) is 66.1 Å². The summed E-state index contributed by atoms with van der Waals surface area (Å²) < 4.78 is 0. The number of hydrogen-bond donors (Lipinski definition) is 1. The van der Waals surface area contributed by atoms with Crippen molar-refractivity contribution in [2.45, 2.75) is 12.6 Å². The fourth-order valence-electron chi connectivity index (χ4n) is 2.77. The van der Waals surface area contributed by atoms with E-state index in [0.717, 1.165) is 49.5 Å². The zero-order chi connectivity index (χ0) is 14.7. The number of rotatable bonds is 4. The Morgan fingerprint density at radius 3 is 2.86 bits per heavy atom. The molecule has 21 heavy (non-hydrogen) atoms. The van der Waals surface area contributed by atoms with Crippen molar-refractivity contribution in [3.63, 3.8) is 0 Å². The fourth-order valence-corrected chi connectivity index (χ4v) is 2.77. The molecule has 0 bridgehead atoms. The summed E-state index contributed by atoms with van der Waals surface area (Å²) in [5.74, 6) is 0. The van der Waals surface area contributed by atoms with Crippen LogP contribution in [0.15, 0.2) is 30.5 Å². The second kappa shape index (κ2) is 6.47. The van der Waals surface area contributed by atoms with Crippen molar-refractivity contribution < 1.29 is 0 Å². The van der Waals surface area contributed by atoms with Gasteiger partial charge in [0, 0.05) is 38.8 Å². The third-order valence-corrected chi connectivity index (χ3v) is 4.16. The van der Waals surface area contributed by atoms with Crippen LogP contribution in [0.1, 0.15) is 5.69 Å². The van der Waals surface area contributed by atoms with Crippen LogP contribution in [0.4, 0.5) is 0 Å². The summed E-state index contributed by atoms with van der Waals surface area (Å²) in [6.07, 6.45) is 1.87. The molecule has 1 N–H and O–H groups in total. The molecule has 1 saturated heterocycles. The highest BCUT2D eigenvalue weighted by Crippen LogP contribution is 2.09. The number of benzene rings is 1. The predicted octanol–water partition coefficient (Wildman–Crippen LogP) is 0.965. The van der Waals surface area contributed by atoms with E-state index in [4.69, 9.17) is 0 Å². The minimum Gasteiger partial charge on any atom is -0.309 e. The number of likely N-dealkylation sites (N-methyl/N-ethyl adjacent to an activating group) is 2. The maximum atomic E-state index is 4.64. The molecule has 1 aromatic heterocycles. The topological polar surface area (TPSA) is 44.3 Å². The average Bonchev–Trinajstić information content (AvgIpc) is 2.50. The van der Waals surface area contributed by atoms with E-state index < -0.39 is 0 Å². The van der Waals surface area contributed by atoms with Crippen molar-refractivity contribution in [2.75, 3.05) is 40.3 Å². The van der Waals surface area contributed by atoms with Gasteiger partial charge in [0.05, 0.1) is 22.9 Å². The van der Waals surface area contributed by atoms with Crippen molar-refractivity contribution in [3.8, 4) is 0 Å². The van der Waals surface area contributed by atoms with Crippen LogP contribution in [-0.2, 0) is 6.54 Å². The number of nitrogens with zero attached hydrogens (tertiary/aromatic N) is 4. The first kappa shape index (κ1) is 14.4. The minimum absolute atomic E-state index is 0.567. The molecular weight excluding hydrogens is 262 g/mol. The fraction of sp³-hybridized carbons (Fsp3) is 0.500. The Kier molecular flexibility index (Phi) is 4.43. The van der Waals surface area contributed by atoms with Gasteiger partial charge in [0.15, 0.2) is 0 Å². The second-order valence-electron chi connectivity index (χ2n) is 5.88. The van der Waals surface area contributed by atoms with Crippen LogP contribution < -0.4 is 5.32 Å². The first-order valence-electron chi connectivity index (χ1n) is 7.52. The Balaban J connectivity index is 1.56. The van der Waals surface area contributed by atoms with Crippen LogP contribution in [0.3, 0.4) is 0 Å². The lowest BCUT2D eigenvalue weighted by molar-refractivity contribution is 0.113. The molecule has 2 heterocycles. The Labute approximate surface area is 126 Å². The molecular formula is C16H23N5. The summed E-state index contributed by atoms with van der Waals surface area (Å²) in [4.78, 5) is 13.9. The average molecular weight is 285 g/mol. The summed E-state index contributed by atoms with van der Waals surface area (Å²) in [7, 11) is 4.39. The number of aromatic nitrogens is 2. The molecule has 1 atom stereocenters. The molecule has 5 nitrogen and oxygen atoms in total. The molecule has 1 aliphatic heterocycles. The molecule has 1 unspecified atom stereocenters. The number of nitrogens with one attached hydrogen (secondary N) is 1. The highest BCUT2D eigenvalue weighted by molar-refractivity contribution is 5.73. The van der Waals surface area contributed by atoms with Gasteiger partial charge in [-0.2, -0.15) is 0 Å². The molecule has 1 aromatic carbocycles. The number of hydrogen-bond acceptors (Lipinski definition) is 5. The third kappa shape index (κ3) is 3.56. The highest BCUT2D eigenvalue weighted by Gasteiger charge is 2.21. The lowest BCUT2D eigenvalue weighted by atomic mass is 10.2. The Bertz CT molecular complexity index is 600. The van der Waals surface area contributed by atoms with E-state index in [9.17, 15) is 0 Å². The monoisotopic (exact) mass is 285 g/mol. The zero-order valence-corrected chi connectivity index (χ0v) is 12.8. The van der Waals surface area contributed by atoms with Crippen LogP contribution >= 0.6 is 0 Å². The Morgan fingerprint density at radius 1 is 1.19 bits per heavy atom. The summed E-state index contributed by atoms with van der Waals surface area (Å²) in [6, 6.07) is 8.56. The summed E-state index contributed by atoms with van der Waals surface area (Å²) in [5.41, 5.74) is 2.92. The maximum absolute atomic E-state index is 4.64. The van der Waals surface area contributed by atoms with E-state index in [-0.39, 0.29) is 0 Å². The number of piperazine rings is 1. The molecule has 112 valence electrons. The van der Waals surface area contributed by atoms with Crippen molar-refractivity contribution in [3.05, 3.63) is 36.2 Å². The molecule has 3 rings (SSSR count). The zero-order valence-electron chi connectivity index (χ0n) is 12.8. The van der Waals surface area contributed by atoms with E-state index in [1.165, 1.54) is 0 Å². The molecule has 0 aliphatic carbocycles. The largest absolute Gasteiger partial charge is 0.309 e. The SMILES string of the molecule is CN1CCN(C)C(CNCc2cnc3ccccc3n2)C1. The number of fused-ring (bicyclic) bond motifs is 1. The van der Waals surface area contributed by atoms with Gasteiger partial charge < -0.3 is 10.2 Å². The van der Waals surface area contributed by atoms with E-state index in [0.29, 0.717) is 6.04 Å². The van der Waals surface area contributed by atoms with Crippen molar-refractivity contribution >= 4 is 11.0 Å². The van der Waals surface area contributed by atoms with Gasteiger partial charge in [0.25, 0.3) is 0 Å². The van der Waals surface area contributed by atoms with Crippen molar-refractivity contribution in [1.82, 2.24) is 25.1 Å². The normalized spacial score (nSPS) is 21.0. The second-order valence-corrected chi connectivity index (χ2v) is 5.88. The van der Waals surface area contributed by atoms with E-state index in [1.807, 2.05) is 30.5 Å². The van der Waals surface area contributed by atoms with E-state index >= 15 is 0 Å². The molecule has 5 heteroatoms. The predicted molar refractivity (Wildman–Crippen MR) is 85.2 cm³/mol. The molecule has 1 fully saturated rings. The van der Waals surface area contributed by atoms with Crippen LogP contribution in [0.5, 0.6) is 0 Å². The van der Waals surface area contributed by atoms with Crippen LogP contribution in [0.25, 0.3) is 11.0 Å². The van der Waals surface area contributed by atoms with Gasteiger partial charge in [-0.05, 0) is 26.2 Å². The van der Waals surface area contributed by atoms with E-state index in [1.54, 1.807) is 0 Å². The first-order chi connectivity index (χ1) is 10.2. The smallest absolute Gasteiger partial charge is 0.0890 e. The van der Waals surface area contributed by atoms with Gasteiger partial charge in [-0.25, -0.2) is 4.98 Å². The van der Waals surface area contributed by atoms with Gasteiger partial charge in [-0.15, -0.1) is 0 Å². The van der Waals surface area contributed by atoms with Crippen LogP contribution in [0.2, 0.25) is 0 Å². The standard InChI is InChI=1S/C16H23N5/c1-20-7-8-21(2)14(12-20)11-17-9-13-10-18-15-5-3-4-6-16(15)19-13/h3-6,10,14,17H,7-9,11-12H2,1-2H3. The van der Waals surface area contributed by atoms with Gasteiger partial charge in [0.2, 0.25) is 0 Å². The summed E-state index contributed by atoms with van der Waals surface area (Å²) in [6.45, 7) is 5.16. The molecule has 1 aliphatic rings.